The first-order chi connectivity index (χ1) is 11.7. The number of aliphatic imine (C=N–C) groups is 1. The lowest BCUT2D eigenvalue weighted by atomic mass is 10.1. The van der Waals surface area contributed by atoms with Crippen LogP contribution in [0.1, 0.15) is 35.7 Å². The number of nitrogens with zero attached hydrogens (tertiary/aromatic N) is 2. The molecule has 6 nitrogen and oxygen atoms in total. The molecule has 0 aliphatic carbocycles. The Balaban J connectivity index is 0.00000312. The number of methoxy groups -OCH3 is 1. The largest absolute Gasteiger partial charge is 0.465 e. The van der Waals surface area contributed by atoms with Crippen molar-refractivity contribution in [3.63, 3.8) is 0 Å². The van der Waals surface area contributed by atoms with Gasteiger partial charge in [0, 0.05) is 26.2 Å². The summed E-state index contributed by atoms with van der Waals surface area (Å²) in [6, 6.07) is 7.98. The molecule has 0 spiro atoms. The maximum absolute atomic E-state index is 11.4. The molecule has 0 aromatic heterocycles. The first-order valence-electron chi connectivity index (χ1n) is 8.53. The van der Waals surface area contributed by atoms with Crippen LogP contribution in [-0.2, 0) is 11.3 Å². The number of halogens is 1. The summed E-state index contributed by atoms with van der Waals surface area (Å²) in [5, 5.41) is 6.72. The highest BCUT2D eigenvalue weighted by Gasteiger charge is 2.22. The average Bonchev–Trinajstić information content (AvgIpc) is 3.09. The maximum atomic E-state index is 11.4. The van der Waals surface area contributed by atoms with Crippen molar-refractivity contribution in [3.05, 3.63) is 35.4 Å². The van der Waals surface area contributed by atoms with Gasteiger partial charge in [0.2, 0.25) is 0 Å². The van der Waals surface area contributed by atoms with Crippen molar-refractivity contribution in [1.82, 2.24) is 15.5 Å². The molecule has 1 fully saturated rings. The van der Waals surface area contributed by atoms with E-state index in [-0.39, 0.29) is 29.9 Å². The Hall–Kier alpha value is -1.35. The summed E-state index contributed by atoms with van der Waals surface area (Å²) in [5.74, 6) is 0.485. The second-order valence-electron chi connectivity index (χ2n) is 5.92. The van der Waals surface area contributed by atoms with Crippen molar-refractivity contribution >= 4 is 35.9 Å². The fourth-order valence-corrected chi connectivity index (χ4v) is 3.04. The lowest BCUT2D eigenvalue weighted by Gasteiger charge is -2.24. The van der Waals surface area contributed by atoms with E-state index in [0.29, 0.717) is 18.2 Å². The van der Waals surface area contributed by atoms with Gasteiger partial charge in [0.25, 0.3) is 0 Å². The van der Waals surface area contributed by atoms with E-state index >= 15 is 0 Å². The molecule has 140 valence electrons. The molecule has 1 aromatic carbocycles. The van der Waals surface area contributed by atoms with Crippen LogP contribution >= 0.6 is 24.0 Å². The summed E-state index contributed by atoms with van der Waals surface area (Å²) < 4.78 is 4.70. The predicted molar refractivity (Wildman–Crippen MR) is 112 cm³/mol. The minimum absolute atomic E-state index is 0. The monoisotopic (exact) mass is 460 g/mol. The van der Waals surface area contributed by atoms with Crippen LogP contribution in [0.5, 0.6) is 0 Å². The fourth-order valence-electron chi connectivity index (χ4n) is 3.04. The molecular weight excluding hydrogens is 431 g/mol. The van der Waals surface area contributed by atoms with Crippen LogP contribution in [0.4, 0.5) is 0 Å². The third-order valence-corrected chi connectivity index (χ3v) is 4.47. The van der Waals surface area contributed by atoms with E-state index in [2.05, 4.69) is 27.4 Å². The molecule has 7 heteroatoms. The van der Waals surface area contributed by atoms with Gasteiger partial charge in [-0.05, 0) is 43.6 Å². The number of hydrogen-bond donors (Lipinski definition) is 2. The smallest absolute Gasteiger partial charge is 0.337 e. The number of carbonyl (C=O) groups excluding carboxylic acids is 1. The lowest BCUT2D eigenvalue weighted by molar-refractivity contribution is 0.0600. The molecule has 1 aromatic rings. The SMILES string of the molecule is CCN1CCCC1CNC(=NC)NCc1ccc(C(=O)OC)cc1.I. The van der Waals surface area contributed by atoms with E-state index in [1.54, 1.807) is 19.2 Å². The van der Waals surface area contributed by atoms with Crippen molar-refractivity contribution in [2.24, 2.45) is 4.99 Å². The number of likely N-dealkylation sites (N-methyl/N-ethyl adjacent to an activating group) is 1. The zero-order valence-electron chi connectivity index (χ0n) is 15.2. The van der Waals surface area contributed by atoms with Crippen molar-refractivity contribution in [1.29, 1.82) is 0 Å². The van der Waals surface area contributed by atoms with Crippen LogP contribution in [0.15, 0.2) is 29.3 Å². The highest BCUT2D eigenvalue weighted by Crippen LogP contribution is 2.15. The lowest BCUT2D eigenvalue weighted by Crippen LogP contribution is -2.44. The van der Waals surface area contributed by atoms with Gasteiger partial charge in [0.1, 0.15) is 0 Å². The highest BCUT2D eigenvalue weighted by atomic mass is 127. The first kappa shape index (κ1) is 21.7. The Morgan fingerprint density at radius 3 is 2.64 bits per heavy atom. The van der Waals surface area contributed by atoms with Gasteiger partial charge >= 0.3 is 5.97 Å². The number of rotatable bonds is 6. The van der Waals surface area contributed by atoms with Crippen LogP contribution in [0, 0.1) is 0 Å². The van der Waals surface area contributed by atoms with Gasteiger partial charge in [0.15, 0.2) is 5.96 Å². The Bertz CT molecular complexity index is 563. The predicted octanol–water partition coefficient (Wildman–Crippen LogP) is 2.24. The highest BCUT2D eigenvalue weighted by molar-refractivity contribution is 14.0. The summed E-state index contributed by atoms with van der Waals surface area (Å²) in [5.41, 5.74) is 1.64. The molecule has 1 aliphatic heterocycles. The molecule has 0 saturated carbocycles. The Morgan fingerprint density at radius 1 is 1.32 bits per heavy atom. The number of hydrogen-bond acceptors (Lipinski definition) is 4. The molecule has 25 heavy (non-hydrogen) atoms. The summed E-state index contributed by atoms with van der Waals surface area (Å²) in [4.78, 5) is 18.2. The van der Waals surface area contributed by atoms with Gasteiger partial charge in [-0.3, -0.25) is 9.89 Å². The zero-order chi connectivity index (χ0) is 17.4. The van der Waals surface area contributed by atoms with Crippen LogP contribution in [0.25, 0.3) is 0 Å². The second kappa shape index (κ2) is 11.3. The second-order valence-corrected chi connectivity index (χ2v) is 5.92. The molecule has 0 radical (unpaired) electrons. The van der Waals surface area contributed by atoms with E-state index in [0.717, 1.165) is 24.6 Å². The topological polar surface area (TPSA) is 66.0 Å². The zero-order valence-corrected chi connectivity index (χ0v) is 17.6. The number of nitrogens with one attached hydrogen (secondary N) is 2. The van der Waals surface area contributed by atoms with E-state index in [4.69, 9.17) is 4.74 Å². The number of benzene rings is 1. The quantitative estimate of drug-likeness (QED) is 0.295. The van der Waals surface area contributed by atoms with Crippen molar-refractivity contribution < 1.29 is 9.53 Å². The molecule has 0 bridgehead atoms. The number of likely N-dealkylation sites (tertiary alicyclic amines) is 1. The third kappa shape index (κ3) is 6.47. The normalized spacial score (nSPS) is 17.7. The molecule has 0 amide bonds. The minimum Gasteiger partial charge on any atom is -0.465 e. The van der Waals surface area contributed by atoms with Crippen molar-refractivity contribution in [3.8, 4) is 0 Å². The van der Waals surface area contributed by atoms with Crippen LogP contribution in [0.2, 0.25) is 0 Å². The molecular formula is C18H29IN4O2. The van der Waals surface area contributed by atoms with E-state index < -0.39 is 0 Å². The number of carbonyl (C=O) groups is 1. The van der Waals surface area contributed by atoms with Crippen molar-refractivity contribution in [2.75, 3.05) is 33.8 Å². The Labute approximate surface area is 167 Å². The fraction of sp³-hybridized carbons (Fsp3) is 0.556. The minimum atomic E-state index is -0.316. The van der Waals surface area contributed by atoms with Gasteiger partial charge < -0.3 is 15.4 Å². The molecule has 2 N–H and O–H groups in total. The van der Waals surface area contributed by atoms with E-state index in [9.17, 15) is 4.79 Å². The van der Waals surface area contributed by atoms with Gasteiger partial charge in [0.05, 0.1) is 12.7 Å². The molecule has 1 heterocycles. The first-order valence-corrected chi connectivity index (χ1v) is 8.53. The molecule has 1 atom stereocenters. The van der Waals surface area contributed by atoms with E-state index in [1.807, 2.05) is 12.1 Å². The summed E-state index contributed by atoms with van der Waals surface area (Å²) in [6.07, 6.45) is 2.52. The molecule has 1 saturated heterocycles. The standard InChI is InChI=1S/C18H28N4O2.HI/c1-4-22-11-5-6-16(22)13-21-18(19-2)20-12-14-7-9-15(10-8-14)17(23)24-3;/h7-10,16H,4-6,11-13H2,1-3H3,(H2,19,20,21);1H. The number of guanidine groups is 1. The van der Waals surface area contributed by atoms with Gasteiger partial charge in [-0.15, -0.1) is 24.0 Å². The molecule has 1 unspecified atom stereocenters. The Morgan fingerprint density at radius 2 is 2.04 bits per heavy atom. The van der Waals surface area contributed by atoms with E-state index in [1.165, 1.54) is 26.5 Å². The van der Waals surface area contributed by atoms with Crippen molar-refractivity contribution in [2.45, 2.75) is 32.4 Å². The average molecular weight is 460 g/mol. The molecule has 1 aliphatic rings. The Kier molecular flexibility index (Phi) is 9.81. The summed E-state index contributed by atoms with van der Waals surface area (Å²) in [7, 11) is 3.17. The number of ether oxygens (including phenoxy) is 1. The third-order valence-electron chi connectivity index (χ3n) is 4.47. The van der Waals surface area contributed by atoms with Gasteiger partial charge in [-0.1, -0.05) is 19.1 Å². The maximum Gasteiger partial charge on any atom is 0.337 e. The summed E-state index contributed by atoms with van der Waals surface area (Å²) >= 11 is 0. The van der Waals surface area contributed by atoms with Crippen LogP contribution in [-0.4, -0.2) is 56.7 Å². The molecule has 2 rings (SSSR count). The summed E-state index contributed by atoms with van der Waals surface area (Å²) in [6.45, 7) is 6.08. The van der Waals surface area contributed by atoms with Crippen LogP contribution in [0.3, 0.4) is 0 Å². The number of esters is 1. The van der Waals surface area contributed by atoms with Crippen LogP contribution < -0.4 is 10.6 Å². The van der Waals surface area contributed by atoms with Gasteiger partial charge in [-0.2, -0.15) is 0 Å². The van der Waals surface area contributed by atoms with Gasteiger partial charge in [-0.25, -0.2) is 4.79 Å².